The van der Waals surface area contributed by atoms with Crippen molar-refractivity contribution in [1.29, 1.82) is 0 Å². The molecule has 2 unspecified atom stereocenters. The van der Waals surface area contributed by atoms with Gasteiger partial charge in [0.1, 0.15) is 6.61 Å². The van der Waals surface area contributed by atoms with Crippen molar-refractivity contribution in [2.24, 2.45) is 17.6 Å². The van der Waals surface area contributed by atoms with Crippen LogP contribution in [0.4, 0.5) is 4.79 Å². The van der Waals surface area contributed by atoms with Gasteiger partial charge in [-0.05, 0) is 37.7 Å². The zero-order valence-electron chi connectivity index (χ0n) is 16.9. The molecule has 0 spiro atoms. The van der Waals surface area contributed by atoms with Gasteiger partial charge in [-0.1, -0.05) is 44.2 Å². The van der Waals surface area contributed by atoms with E-state index in [9.17, 15) is 9.59 Å². The molecule has 1 aliphatic rings. The number of carbonyl (C=O) groups is 2. The Morgan fingerprint density at radius 1 is 1.22 bits per heavy atom. The smallest absolute Gasteiger partial charge is 0.410 e. The summed E-state index contributed by atoms with van der Waals surface area (Å²) in [5.74, 6) is 0.381. The number of likely N-dealkylation sites (tertiary alicyclic amines) is 1. The van der Waals surface area contributed by atoms with Gasteiger partial charge in [0, 0.05) is 25.7 Å². The van der Waals surface area contributed by atoms with Gasteiger partial charge in [0.05, 0.1) is 6.04 Å². The second-order valence-electron chi connectivity index (χ2n) is 8.00. The summed E-state index contributed by atoms with van der Waals surface area (Å²) in [4.78, 5) is 28.6. The van der Waals surface area contributed by atoms with Crippen LogP contribution in [0, 0.1) is 11.8 Å². The Hall–Kier alpha value is -2.08. The van der Waals surface area contributed by atoms with Crippen LogP contribution in [-0.4, -0.2) is 53.5 Å². The van der Waals surface area contributed by atoms with E-state index in [0.29, 0.717) is 19.6 Å². The molecule has 1 fully saturated rings. The molecule has 2 amide bonds. The Morgan fingerprint density at radius 2 is 1.89 bits per heavy atom. The molecule has 0 aliphatic carbocycles. The second-order valence-corrected chi connectivity index (χ2v) is 8.00. The molecule has 0 aromatic heterocycles. The predicted molar refractivity (Wildman–Crippen MR) is 106 cm³/mol. The number of nitrogens with zero attached hydrogens (tertiary/aromatic N) is 2. The molecule has 0 saturated carbocycles. The van der Waals surface area contributed by atoms with E-state index in [4.69, 9.17) is 10.5 Å². The number of rotatable bonds is 7. The molecule has 1 aromatic rings. The highest BCUT2D eigenvalue weighted by molar-refractivity contribution is 5.82. The Morgan fingerprint density at radius 3 is 2.48 bits per heavy atom. The molecule has 1 saturated heterocycles. The first-order chi connectivity index (χ1) is 12.8. The summed E-state index contributed by atoms with van der Waals surface area (Å²) in [6.45, 7) is 10.1. The van der Waals surface area contributed by atoms with Crippen LogP contribution in [0.1, 0.15) is 39.7 Å². The Labute approximate surface area is 162 Å². The van der Waals surface area contributed by atoms with Crippen LogP contribution in [0.5, 0.6) is 0 Å². The molecule has 1 aliphatic heterocycles. The Balaban J connectivity index is 1.88. The predicted octanol–water partition coefficient (Wildman–Crippen LogP) is 2.87. The topological polar surface area (TPSA) is 75.9 Å². The van der Waals surface area contributed by atoms with E-state index in [1.165, 1.54) is 0 Å². The summed E-state index contributed by atoms with van der Waals surface area (Å²) in [5, 5.41) is 0. The van der Waals surface area contributed by atoms with E-state index in [1.54, 1.807) is 4.90 Å². The highest BCUT2D eigenvalue weighted by Gasteiger charge is 2.33. The summed E-state index contributed by atoms with van der Waals surface area (Å²) in [6.07, 6.45) is 0.573. The van der Waals surface area contributed by atoms with Crippen molar-refractivity contribution in [1.82, 2.24) is 9.80 Å². The minimum atomic E-state index is -0.458. The lowest BCUT2D eigenvalue weighted by molar-refractivity contribution is -0.132. The number of carbonyl (C=O) groups excluding carboxylic acids is 2. The third-order valence-electron chi connectivity index (χ3n) is 5.12. The first kappa shape index (κ1) is 21.2. The summed E-state index contributed by atoms with van der Waals surface area (Å²) >= 11 is 0. The van der Waals surface area contributed by atoms with Gasteiger partial charge in [-0.25, -0.2) is 4.79 Å². The quantitative estimate of drug-likeness (QED) is 0.795. The standard InChI is InChI=1S/C21H33N3O3/c1-15(2)19(22)20(25)23-11-10-18(12-23)13-24(16(3)4)21(26)27-14-17-8-6-5-7-9-17/h5-9,15-16,18-19H,10-14,22H2,1-4H3. The van der Waals surface area contributed by atoms with Crippen LogP contribution in [0.2, 0.25) is 0 Å². The van der Waals surface area contributed by atoms with E-state index in [1.807, 2.05) is 62.9 Å². The first-order valence-corrected chi connectivity index (χ1v) is 9.81. The van der Waals surface area contributed by atoms with E-state index >= 15 is 0 Å². The number of amides is 2. The second kappa shape index (κ2) is 9.74. The number of hydrogen-bond donors (Lipinski definition) is 1. The fraction of sp³-hybridized carbons (Fsp3) is 0.619. The van der Waals surface area contributed by atoms with Crippen LogP contribution in [0.3, 0.4) is 0 Å². The lowest BCUT2D eigenvalue weighted by Gasteiger charge is -2.29. The van der Waals surface area contributed by atoms with Crippen molar-refractivity contribution >= 4 is 12.0 Å². The fourth-order valence-corrected chi connectivity index (χ4v) is 3.25. The molecule has 1 heterocycles. The maximum atomic E-state index is 12.6. The van der Waals surface area contributed by atoms with Gasteiger partial charge in [0.15, 0.2) is 0 Å². The molecule has 2 rings (SSSR count). The lowest BCUT2D eigenvalue weighted by atomic mass is 10.0. The van der Waals surface area contributed by atoms with Gasteiger partial charge in [0.25, 0.3) is 0 Å². The van der Waals surface area contributed by atoms with E-state index in [-0.39, 0.29) is 36.5 Å². The SMILES string of the molecule is CC(C)C(N)C(=O)N1CCC(CN(C(=O)OCc2ccccc2)C(C)C)C1. The molecule has 150 valence electrons. The summed E-state index contributed by atoms with van der Waals surface area (Å²) in [6, 6.07) is 9.24. The van der Waals surface area contributed by atoms with Crippen LogP contribution in [0.15, 0.2) is 30.3 Å². The molecule has 2 N–H and O–H groups in total. The van der Waals surface area contributed by atoms with Gasteiger partial charge in [-0.3, -0.25) is 4.79 Å². The minimum absolute atomic E-state index is 0.00949. The van der Waals surface area contributed by atoms with E-state index in [2.05, 4.69) is 0 Å². The number of nitrogens with two attached hydrogens (primary N) is 1. The third kappa shape index (κ3) is 5.96. The van der Waals surface area contributed by atoms with Crippen LogP contribution < -0.4 is 5.73 Å². The average Bonchev–Trinajstić information content (AvgIpc) is 3.12. The Bertz CT molecular complexity index is 618. The average molecular weight is 376 g/mol. The van der Waals surface area contributed by atoms with Crippen LogP contribution in [0.25, 0.3) is 0 Å². The molecule has 0 bridgehead atoms. The maximum Gasteiger partial charge on any atom is 0.410 e. The van der Waals surface area contributed by atoms with Gasteiger partial charge in [-0.2, -0.15) is 0 Å². The first-order valence-electron chi connectivity index (χ1n) is 9.81. The monoisotopic (exact) mass is 375 g/mol. The molecule has 27 heavy (non-hydrogen) atoms. The molecular formula is C21H33N3O3. The van der Waals surface area contributed by atoms with Gasteiger partial charge in [0.2, 0.25) is 5.91 Å². The van der Waals surface area contributed by atoms with Gasteiger partial charge >= 0.3 is 6.09 Å². The minimum Gasteiger partial charge on any atom is -0.445 e. The summed E-state index contributed by atoms with van der Waals surface area (Å²) < 4.78 is 5.49. The van der Waals surface area contributed by atoms with Crippen LogP contribution in [-0.2, 0) is 16.1 Å². The zero-order chi connectivity index (χ0) is 20.0. The highest BCUT2D eigenvalue weighted by Crippen LogP contribution is 2.21. The largest absolute Gasteiger partial charge is 0.445 e. The van der Waals surface area contributed by atoms with Crippen molar-refractivity contribution in [3.05, 3.63) is 35.9 Å². The molecule has 6 heteroatoms. The van der Waals surface area contributed by atoms with Crippen LogP contribution >= 0.6 is 0 Å². The summed E-state index contributed by atoms with van der Waals surface area (Å²) in [7, 11) is 0. The molecule has 6 nitrogen and oxygen atoms in total. The van der Waals surface area contributed by atoms with E-state index in [0.717, 1.165) is 12.0 Å². The van der Waals surface area contributed by atoms with Crippen molar-refractivity contribution in [2.75, 3.05) is 19.6 Å². The molecule has 0 radical (unpaired) electrons. The number of hydrogen-bond acceptors (Lipinski definition) is 4. The fourth-order valence-electron chi connectivity index (χ4n) is 3.25. The van der Waals surface area contributed by atoms with Gasteiger partial charge < -0.3 is 20.3 Å². The zero-order valence-corrected chi connectivity index (χ0v) is 16.9. The van der Waals surface area contributed by atoms with Crippen molar-refractivity contribution in [3.63, 3.8) is 0 Å². The third-order valence-corrected chi connectivity index (χ3v) is 5.12. The number of ether oxygens (including phenoxy) is 1. The highest BCUT2D eigenvalue weighted by atomic mass is 16.6. The van der Waals surface area contributed by atoms with Gasteiger partial charge in [-0.15, -0.1) is 0 Å². The van der Waals surface area contributed by atoms with Crippen molar-refractivity contribution in [2.45, 2.75) is 52.8 Å². The Kier molecular flexibility index (Phi) is 7.66. The molecule has 2 atom stereocenters. The normalized spacial score (nSPS) is 18.0. The molecular weight excluding hydrogens is 342 g/mol. The number of benzene rings is 1. The van der Waals surface area contributed by atoms with Crippen molar-refractivity contribution < 1.29 is 14.3 Å². The van der Waals surface area contributed by atoms with E-state index < -0.39 is 6.04 Å². The molecule has 1 aromatic carbocycles. The summed E-state index contributed by atoms with van der Waals surface area (Å²) in [5.41, 5.74) is 6.97. The maximum absolute atomic E-state index is 12.6. The lowest BCUT2D eigenvalue weighted by Crippen LogP contribution is -2.46. The van der Waals surface area contributed by atoms with Crippen molar-refractivity contribution in [3.8, 4) is 0 Å².